The van der Waals surface area contributed by atoms with Crippen molar-refractivity contribution in [1.29, 1.82) is 0 Å². The van der Waals surface area contributed by atoms with Gasteiger partial charge in [0.25, 0.3) is 5.91 Å². The van der Waals surface area contributed by atoms with Gasteiger partial charge in [-0.15, -0.1) is 0 Å². The molecule has 1 heterocycles. The third-order valence-corrected chi connectivity index (χ3v) is 2.50. The van der Waals surface area contributed by atoms with Crippen molar-refractivity contribution in [1.82, 2.24) is 10.3 Å². The van der Waals surface area contributed by atoms with E-state index in [1.807, 2.05) is 0 Å². The number of carbonyl (C=O) groups excluding carboxylic acids is 1. The first-order valence-corrected chi connectivity index (χ1v) is 5.76. The number of hydrogen-bond acceptors (Lipinski definition) is 5. The zero-order valence-corrected chi connectivity index (χ0v) is 10.6. The number of amides is 1. The van der Waals surface area contributed by atoms with Gasteiger partial charge < -0.3 is 20.9 Å². The fraction of sp³-hybridized carbons (Fsp3) is 0.417. The normalized spacial score (nSPS) is 11.9. The Kier molecular flexibility index (Phi) is 5.91. The predicted octanol–water partition coefficient (Wildman–Crippen LogP) is -0.240. The average Bonchev–Trinajstić information content (AvgIpc) is 2.42. The second kappa shape index (κ2) is 7.45. The number of hydrogen-bond donors (Lipinski definition) is 3. The van der Waals surface area contributed by atoms with E-state index < -0.39 is 17.9 Å². The van der Waals surface area contributed by atoms with Gasteiger partial charge in [-0.1, -0.05) is 0 Å². The molecule has 0 aliphatic carbocycles. The molecule has 4 N–H and O–H groups in total. The van der Waals surface area contributed by atoms with Gasteiger partial charge in [0.05, 0.1) is 5.69 Å². The van der Waals surface area contributed by atoms with Gasteiger partial charge in [-0.25, -0.2) is 4.79 Å². The summed E-state index contributed by atoms with van der Waals surface area (Å²) in [7, 11) is 1.47. The monoisotopic (exact) mass is 267 g/mol. The Morgan fingerprint density at radius 2 is 2.32 bits per heavy atom. The van der Waals surface area contributed by atoms with Gasteiger partial charge in [0.1, 0.15) is 6.04 Å². The van der Waals surface area contributed by atoms with E-state index in [9.17, 15) is 9.59 Å². The largest absolute Gasteiger partial charge is 0.480 e. The number of ether oxygens (including phenoxy) is 1. The summed E-state index contributed by atoms with van der Waals surface area (Å²) in [6.07, 6.45) is 1.66. The molecule has 104 valence electrons. The molecule has 19 heavy (non-hydrogen) atoms. The third kappa shape index (κ3) is 4.65. The van der Waals surface area contributed by atoms with Crippen molar-refractivity contribution in [2.45, 2.75) is 19.0 Å². The molecule has 7 nitrogen and oxygen atoms in total. The van der Waals surface area contributed by atoms with Crippen molar-refractivity contribution in [2.24, 2.45) is 5.73 Å². The Hall–Kier alpha value is -1.99. The molecule has 1 aromatic rings. The molecule has 1 aromatic heterocycles. The van der Waals surface area contributed by atoms with Crippen LogP contribution in [-0.2, 0) is 16.1 Å². The summed E-state index contributed by atoms with van der Waals surface area (Å²) in [4.78, 5) is 26.9. The number of nitrogens with two attached hydrogens (primary N) is 1. The summed E-state index contributed by atoms with van der Waals surface area (Å²) < 4.78 is 4.81. The minimum absolute atomic E-state index is 0.201. The molecule has 1 unspecified atom stereocenters. The number of nitrogens with zero attached hydrogens (tertiary/aromatic N) is 1. The van der Waals surface area contributed by atoms with Crippen molar-refractivity contribution in [3.63, 3.8) is 0 Å². The molecular weight excluding hydrogens is 250 g/mol. The molecule has 7 heteroatoms. The van der Waals surface area contributed by atoms with Gasteiger partial charge >= 0.3 is 5.97 Å². The summed E-state index contributed by atoms with van der Waals surface area (Å²) in [6.45, 7) is 0.467. The van der Waals surface area contributed by atoms with Crippen molar-refractivity contribution < 1.29 is 19.4 Å². The SMILES string of the molecule is COCCC(NC(=O)c1ccnc(CN)c1)C(=O)O. The van der Waals surface area contributed by atoms with Crippen LogP contribution in [0.2, 0.25) is 0 Å². The zero-order chi connectivity index (χ0) is 14.3. The molecule has 0 aliphatic rings. The molecule has 0 aromatic carbocycles. The van der Waals surface area contributed by atoms with E-state index in [0.29, 0.717) is 11.3 Å². The van der Waals surface area contributed by atoms with Crippen LogP contribution in [0.15, 0.2) is 18.3 Å². The Bertz CT molecular complexity index is 450. The number of carboxylic acids is 1. The second-order valence-electron chi connectivity index (χ2n) is 3.89. The van der Waals surface area contributed by atoms with E-state index in [0.717, 1.165) is 0 Å². The minimum atomic E-state index is -1.10. The summed E-state index contributed by atoms with van der Waals surface area (Å²) in [5.41, 5.74) is 6.33. The first-order valence-electron chi connectivity index (χ1n) is 5.76. The number of rotatable bonds is 7. The number of aliphatic carboxylic acids is 1. The Morgan fingerprint density at radius 1 is 1.58 bits per heavy atom. The number of nitrogens with one attached hydrogen (secondary N) is 1. The van der Waals surface area contributed by atoms with E-state index in [2.05, 4.69) is 10.3 Å². The molecule has 1 amide bonds. The molecular formula is C12H17N3O4. The topological polar surface area (TPSA) is 115 Å². The Balaban J connectivity index is 2.72. The number of aromatic nitrogens is 1. The summed E-state index contributed by atoms with van der Waals surface area (Å²) in [6, 6.07) is 2.05. The standard InChI is InChI=1S/C12H17N3O4/c1-19-5-3-10(12(17)18)15-11(16)8-2-4-14-9(6-8)7-13/h2,4,6,10H,3,5,7,13H2,1H3,(H,15,16)(H,17,18). The first-order chi connectivity index (χ1) is 9.08. The van der Waals surface area contributed by atoms with Crippen LogP contribution in [0.3, 0.4) is 0 Å². The minimum Gasteiger partial charge on any atom is -0.480 e. The lowest BCUT2D eigenvalue weighted by molar-refractivity contribution is -0.139. The van der Waals surface area contributed by atoms with Gasteiger partial charge in [0.15, 0.2) is 0 Å². The van der Waals surface area contributed by atoms with Crippen LogP contribution in [0.4, 0.5) is 0 Å². The van der Waals surface area contributed by atoms with Crippen LogP contribution in [0.5, 0.6) is 0 Å². The molecule has 0 spiro atoms. The molecule has 0 bridgehead atoms. The fourth-order valence-corrected chi connectivity index (χ4v) is 1.47. The second-order valence-corrected chi connectivity index (χ2v) is 3.89. The number of methoxy groups -OCH3 is 1. The molecule has 0 fully saturated rings. The highest BCUT2D eigenvalue weighted by Gasteiger charge is 2.20. The Labute approximate surface area is 110 Å². The maximum atomic E-state index is 11.9. The van der Waals surface area contributed by atoms with Crippen molar-refractivity contribution >= 4 is 11.9 Å². The molecule has 0 saturated carbocycles. The van der Waals surface area contributed by atoms with Gasteiger partial charge in [0, 0.05) is 38.4 Å². The van der Waals surface area contributed by atoms with Gasteiger partial charge in [-0.05, 0) is 12.1 Å². The van der Waals surface area contributed by atoms with Crippen molar-refractivity contribution in [3.05, 3.63) is 29.6 Å². The summed E-state index contributed by atoms with van der Waals surface area (Å²) in [5, 5.41) is 11.4. The Morgan fingerprint density at radius 3 is 2.89 bits per heavy atom. The van der Waals surface area contributed by atoms with E-state index >= 15 is 0 Å². The van der Waals surface area contributed by atoms with Crippen LogP contribution in [0, 0.1) is 0 Å². The molecule has 0 radical (unpaired) electrons. The average molecular weight is 267 g/mol. The molecule has 0 aliphatic heterocycles. The number of carboxylic acid groups (broad SMARTS) is 1. The van der Waals surface area contributed by atoms with Crippen LogP contribution in [0.1, 0.15) is 22.5 Å². The van der Waals surface area contributed by atoms with Crippen LogP contribution >= 0.6 is 0 Å². The number of carbonyl (C=O) groups is 2. The van der Waals surface area contributed by atoms with Gasteiger partial charge in [0.2, 0.25) is 0 Å². The van der Waals surface area contributed by atoms with Gasteiger partial charge in [-0.3, -0.25) is 9.78 Å². The predicted molar refractivity (Wildman–Crippen MR) is 67.5 cm³/mol. The van der Waals surface area contributed by atoms with Crippen LogP contribution in [-0.4, -0.2) is 41.7 Å². The lowest BCUT2D eigenvalue weighted by atomic mass is 10.1. The highest BCUT2D eigenvalue weighted by molar-refractivity contribution is 5.96. The summed E-state index contributed by atoms with van der Waals surface area (Å²) in [5.74, 6) is -1.57. The third-order valence-electron chi connectivity index (χ3n) is 2.50. The lowest BCUT2D eigenvalue weighted by Gasteiger charge is -2.14. The fourth-order valence-electron chi connectivity index (χ4n) is 1.47. The lowest BCUT2D eigenvalue weighted by Crippen LogP contribution is -2.41. The zero-order valence-electron chi connectivity index (χ0n) is 10.6. The highest BCUT2D eigenvalue weighted by atomic mass is 16.5. The molecule has 1 atom stereocenters. The van der Waals surface area contributed by atoms with E-state index in [1.165, 1.54) is 25.4 Å². The summed E-state index contributed by atoms with van der Waals surface area (Å²) >= 11 is 0. The molecule has 0 saturated heterocycles. The van der Waals surface area contributed by atoms with E-state index in [4.69, 9.17) is 15.6 Å². The van der Waals surface area contributed by atoms with Crippen molar-refractivity contribution in [3.8, 4) is 0 Å². The smallest absolute Gasteiger partial charge is 0.326 e. The maximum Gasteiger partial charge on any atom is 0.326 e. The number of pyridine rings is 1. The van der Waals surface area contributed by atoms with Crippen LogP contribution in [0.25, 0.3) is 0 Å². The maximum absolute atomic E-state index is 11.9. The van der Waals surface area contributed by atoms with Crippen LogP contribution < -0.4 is 11.1 Å². The molecule has 1 rings (SSSR count). The van der Waals surface area contributed by atoms with E-state index in [1.54, 1.807) is 0 Å². The quantitative estimate of drug-likeness (QED) is 0.628. The highest BCUT2D eigenvalue weighted by Crippen LogP contribution is 2.03. The van der Waals surface area contributed by atoms with Gasteiger partial charge in [-0.2, -0.15) is 0 Å². The van der Waals surface area contributed by atoms with E-state index in [-0.39, 0.29) is 19.6 Å². The first kappa shape index (κ1) is 15.1. The van der Waals surface area contributed by atoms with Crippen molar-refractivity contribution in [2.75, 3.05) is 13.7 Å².